The molecule has 0 aliphatic carbocycles. The first-order valence-corrected chi connectivity index (χ1v) is 15.3. The molecule has 2 aromatic rings. The summed E-state index contributed by atoms with van der Waals surface area (Å²) in [5, 5.41) is 5.32. The van der Waals surface area contributed by atoms with E-state index in [4.69, 9.17) is 15.2 Å². The van der Waals surface area contributed by atoms with Crippen molar-refractivity contribution in [1.29, 1.82) is 0 Å². The Bertz CT molecular complexity index is 1370. The second kappa shape index (κ2) is 15.2. The zero-order valence-corrected chi connectivity index (χ0v) is 28.7. The minimum Gasteiger partial charge on any atom is -0.458 e. The summed E-state index contributed by atoms with van der Waals surface area (Å²) < 4.78 is 11.0. The summed E-state index contributed by atoms with van der Waals surface area (Å²) in [6.45, 7) is 17.2. The van der Waals surface area contributed by atoms with Gasteiger partial charge in [0.2, 0.25) is 17.7 Å². The van der Waals surface area contributed by atoms with Crippen LogP contribution in [0.4, 0.5) is 4.79 Å². The summed E-state index contributed by atoms with van der Waals surface area (Å²) >= 11 is 0. The number of rotatable bonds is 11. The molecule has 0 fully saturated rings. The number of ether oxygens (including phenoxy) is 2. The first-order chi connectivity index (χ1) is 21.1. The van der Waals surface area contributed by atoms with Crippen molar-refractivity contribution >= 4 is 29.8 Å². The molecule has 4 amide bonds. The number of nitrogens with two attached hydrogens (primary N) is 1. The van der Waals surface area contributed by atoms with E-state index in [1.54, 1.807) is 86.6 Å². The van der Waals surface area contributed by atoms with Gasteiger partial charge in [0, 0.05) is 12.0 Å². The van der Waals surface area contributed by atoms with Crippen molar-refractivity contribution in [3.05, 3.63) is 71.3 Å². The lowest BCUT2D eigenvalue weighted by Gasteiger charge is -2.43. The zero-order valence-electron chi connectivity index (χ0n) is 28.7. The van der Waals surface area contributed by atoms with Gasteiger partial charge in [0.15, 0.2) is 0 Å². The maximum absolute atomic E-state index is 14.4. The summed E-state index contributed by atoms with van der Waals surface area (Å²) in [7, 11) is 0. The summed E-state index contributed by atoms with van der Waals surface area (Å²) in [5.74, 6) is -2.88. The number of carbonyl (C=O) groups is 5. The van der Waals surface area contributed by atoms with Crippen LogP contribution >= 0.6 is 0 Å². The summed E-state index contributed by atoms with van der Waals surface area (Å²) in [6.07, 6.45) is -1.33. The number of nitrogens with zero attached hydrogens (tertiary/aromatic N) is 1. The van der Waals surface area contributed by atoms with Crippen LogP contribution in [0.2, 0.25) is 0 Å². The Kier molecular flexibility index (Phi) is 12.5. The molecule has 11 heteroatoms. The van der Waals surface area contributed by atoms with Gasteiger partial charge in [0.1, 0.15) is 29.3 Å². The standard InChI is InChI=1S/C35H50N4O7/c1-22-16-18-24(19-17-22)28(29(41)37-26(31(43)45-34(5,6)7)20-23-14-12-11-13-15-23)39(33(2,3)4)30(42)25(21-27(36)40)38-32(44)46-35(8,9)10/h11-19,25-26,28H,20-21H2,1-10H3,(H2,36,40)(H,37,41)(H,38,44). The molecule has 2 aromatic carbocycles. The number of nitrogens with one attached hydrogen (secondary N) is 2. The average molecular weight is 639 g/mol. The molecule has 0 bridgehead atoms. The van der Waals surface area contributed by atoms with Crippen LogP contribution in [0.25, 0.3) is 0 Å². The Hall–Kier alpha value is -4.41. The predicted octanol–water partition coefficient (Wildman–Crippen LogP) is 4.50. The van der Waals surface area contributed by atoms with Crippen molar-refractivity contribution in [3.63, 3.8) is 0 Å². The topological polar surface area (TPSA) is 157 Å². The lowest BCUT2D eigenvalue weighted by Crippen LogP contribution is -2.60. The van der Waals surface area contributed by atoms with E-state index in [0.717, 1.165) is 11.1 Å². The smallest absolute Gasteiger partial charge is 0.408 e. The molecule has 0 aliphatic heterocycles. The number of carbonyl (C=O) groups excluding carboxylic acids is 5. The highest BCUT2D eigenvalue weighted by Crippen LogP contribution is 2.31. The van der Waals surface area contributed by atoms with Crippen LogP contribution in [-0.2, 0) is 35.1 Å². The quantitative estimate of drug-likeness (QED) is 0.306. The molecule has 0 saturated carbocycles. The van der Waals surface area contributed by atoms with Gasteiger partial charge in [0.25, 0.3) is 0 Å². The summed E-state index contributed by atoms with van der Waals surface area (Å²) in [6, 6.07) is 12.4. The van der Waals surface area contributed by atoms with Crippen LogP contribution in [0.3, 0.4) is 0 Å². The van der Waals surface area contributed by atoms with E-state index in [0.29, 0.717) is 5.56 Å². The van der Waals surface area contributed by atoms with Gasteiger partial charge in [0.05, 0.1) is 6.42 Å². The second-order valence-electron chi connectivity index (χ2n) is 14.3. The van der Waals surface area contributed by atoms with E-state index < -0.39 is 71.1 Å². The van der Waals surface area contributed by atoms with Gasteiger partial charge in [-0.25, -0.2) is 9.59 Å². The largest absolute Gasteiger partial charge is 0.458 e. The molecule has 252 valence electrons. The summed E-state index contributed by atoms with van der Waals surface area (Å²) in [5.41, 5.74) is 4.92. The first kappa shape index (κ1) is 37.8. The van der Waals surface area contributed by atoms with Gasteiger partial charge in [-0.1, -0.05) is 60.2 Å². The minimum absolute atomic E-state index is 0.135. The fourth-order valence-electron chi connectivity index (χ4n) is 4.70. The van der Waals surface area contributed by atoms with Crippen molar-refractivity contribution in [1.82, 2.24) is 15.5 Å². The third-order valence-electron chi connectivity index (χ3n) is 6.54. The molecule has 4 N–H and O–H groups in total. The van der Waals surface area contributed by atoms with Gasteiger partial charge in [-0.2, -0.15) is 0 Å². The highest BCUT2D eigenvalue weighted by molar-refractivity contribution is 5.96. The molecule has 0 heterocycles. The highest BCUT2D eigenvalue weighted by Gasteiger charge is 2.43. The number of alkyl carbamates (subject to hydrolysis) is 1. The third kappa shape index (κ3) is 12.2. The fourth-order valence-corrected chi connectivity index (χ4v) is 4.70. The fraction of sp³-hybridized carbons (Fsp3) is 0.514. The molecular formula is C35H50N4O7. The van der Waals surface area contributed by atoms with E-state index >= 15 is 0 Å². The van der Waals surface area contributed by atoms with Gasteiger partial charge >= 0.3 is 12.1 Å². The number of amides is 4. The average Bonchev–Trinajstić information content (AvgIpc) is 2.88. The van der Waals surface area contributed by atoms with Crippen LogP contribution in [0, 0.1) is 6.92 Å². The van der Waals surface area contributed by atoms with E-state index in [1.165, 1.54) is 4.90 Å². The zero-order chi connectivity index (χ0) is 35.0. The molecule has 2 rings (SSSR count). The van der Waals surface area contributed by atoms with Crippen LogP contribution in [-0.4, -0.2) is 63.5 Å². The number of benzene rings is 2. The molecule has 0 saturated heterocycles. The number of hydrogen-bond donors (Lipinski definition) is 3. The van der Waals surface area contributed by atoms with Gasteiger partial charge in [-0.05, 0) is 80.4 Å². The molecule has 11 nitrogen and oxygen atoms in total. The molecule has 0 aliphatic rings. The van der Waals surface area contributed by atoms with E-state index in [2.05, 4.69) is 10.6 Å². The predicted molar refractivity (Wildman–Crippen MR) is 175 cm³/mol. The van der Waals surface area contributed by atoms with Crippen LogP contribution in [0.1, 0.15) is 91.5 Å². The van der Waals surface area contributed by atoms with Crippen molar-refractivity contribution in [2.24, 2.45) is 5.73 Å². The van der Waals surface area contributed by atoms with Gasteiger partial charge in [-0.15, -0.1) is 0 Å². The van der Waals surface area contributed by atoms with Crippen LogP contribution in [0.5, 0.6) is 0 Å². The SMILES string of the molecule is Cc1ccc(C(C(=O)NC(Cc2ccccc2)C(=O)OC(C)(C)C)N(C(=O)C(CC(N)=O)NC(=O)OC(C)(C)C)C(C)(C)C)cc1. The monoisotopic (exact) mass is 638 g/mol. The Labute approximate surface area is 272 Å². The normalized spacial score (nSPS) is 13.9. The Balaban J connectivity index is 2.65. The maximum atomic E-state index is 14.4. The molecule has 0 radical (unpaired) electrons. The Morgan fingerprint density at radius 1 is 0.761 bits per heavy atom. The van der Waals surface area contributed by atoms with Crippen molar-refractivity contribution in [3.8, 4) is 0 Å². The number of esters is 1. The van der Waals surface area contributed by atoms with E-state index in [1.807, 2.05) is 37.3 Å². The number of primary amides is 1. The van der Waals surface area contributed by atoms with Crippen molar-refractivity contribution in [2.75, 3.05) is 0 Å². The molecule has 3 unspecified atom stereocenters. The van der Waals surface area contributed by atoms with Crippen molar-refractivity contribution < 1.29 is 33.4 Å². The maximum Gasteiger partial charge on any atom is 0.408 e. The molecule has 46 heavy (non-hydrogen) atoms. The van der Waals surface area contributed by atoms with Gasteiger partial charge in [-0.3, -0.25) is 14.4 Å². The highest BCUT2D eigenvalue weighted by atomic mass is 16.6. The Morgan fingerprint density at radius 3 is 1.78 bits per heavy atom. The van der Waals surface area contributed by atoms with Crippen LogP contribution in [0.15, 0.2) is 54.6 Å². The third-order valence-corrected chi connectivity index (χ3v) is 6.54. The van der Waals surface area contributed by atoms with E-state index in [-0.39, 0.29) is 6.42 Å². The first-order valence-electron chi connectivity index (χ1n) is 15.3. The molecule has 0 spiro atoms. The second-order valence-corrected chi connectivity index (χ2v) is 14.3. The number of aryl methyl sites for hydroxylation is 1. The lowest BCUT2D eigenvalue weighted by molar-refractivity contribution is -0.159. The molecule has 0 aromatic heterocycles. The number of hydrogen-bond acceptors (Lipinski definition) is 7. The van der Waals surface area contributed by atoms with E-state index in [9.17, 15) is 24.0 Å². The van der Waals surface area contributed by atoms with Crippen LogP contribution < -0.4 is 16.4 Å². The molecular weight excluding hydrogens is 588 g/mol. The Morgan fingerprint density at radius 2 is 1.30 bits per heavy atom. The lowest BCUT2D eigenvalue weighted by atomic mass is 9.94. The summed E-state index contributed by atoms with van der Waals surface area (Å²) in [4.78, 5) is 68.4. The minimum atomic E-state index is -1.45. The van der Waals surface area contributed by atoms with Crippen molar-refractivity contribution in [2.45, 2.75) is 117 Å². The van der Waals surface area contributed by atoms with Gasteiger partial charge < -0.3 is 30.7 Å². The molecule has 3 atom stereocenters.